The maximum absolute atomic E-state index is 12.0. The van der Waals surface area contributed by atoms with Crippen LogP contribution in [0.4, 0.5) is 0 Å². The van der Waals surface area contributed by atoms with Crippen LogP contribution in [-0.2, 0) is 11.3 Å². The zero-order valence-electron chi connectivity index (χ0n) is 10.4. The molecule has 0 radical (unpaired) electrons. The number of nitrogens with one attached hydrogen (secondary N) is 1. The summed E-state index contributed by atoms with van der Waals surface area (Å²) < 4.78 is 10.3. The molecule has 1 aromatic rings. The lowest BCUT2D eigenvalue weighted by Gasteiger charge is -2.20. The van der Waals surface area contributed by atoms with Gasteiger partial charge in [-0.05, 0) is 37.8 Å². The smallest absolute Gasteiger partial charge is 0.288 e. The van der Waals surface area contributed by atoms with E-state index in [1.165, 1.54) is 0 Å². The summed E-state index contributed by atoms with van der Waals surface area (Å²) in [6, 6.07) is 5.51. The molecule has 0 aromatic carbocycles. The van der Waals surface area contributed by atoms with E-state index in [4.69, 9.17) is 9.15 Å². The van der Waals surface area contributed by atoms with E-state index in [9.17, 15) is 10.1 Å². The van der Waals surface area contributed by atoms with Crippen molar-refractivity contribution in [1.82, 2.24) is 5.32 Å². The highest BCUT2D eigenvalue weighted by Crippen LogP contribution is 2.29. The van der Waals surface area contributed by atoms with Crippen LogP contribution in [0.15, 0.2) is 16.5 Å². The third-order valence-electron chi connectivity index (χ3n) is 3.20. The van der Waals surface area contributed by atoms with Gasteiger partial charge in [0.15, 0.2) is 5.76 Å². The quantitative estimate of drug-likeness (QED) is 0.884. The van der Waals surface area contributed by atoms with Crippen molar-refractivity contribution >= 4 is 5.91 Å². The Labute approximate surface area is 106 Å². The number of furan rings is 1. The molecule has 1 aromatic heterocycles. The first-order valence-electron chi connectivity index (χ1n) is 6.00. The predicted molar refractivity (Wildman–Crippen MR) is 63.7 cm³/mol. The Bertz CT molecular complexity index is 467. The minimum Gasteiger partial charge on any atom is -0.453 e. The summed E-state index contributed by atoms with van der Waals surface area (Å²) in [6.45, 7) is 0.330. The van der Waals surface area contributed by atoms with Crippen molar-refractivity contribution < 1.29 is 13.9 Å². The van der Waals surface area contributed by atoms with E-state index in [0.29, 0.717) is 25.2 Å². The van der Waals surface area contributed by atoms with E-state index in [-0.39, 0.29) is 11.7 Å². The van der Waals surface area contributed by atoms with Crippen LogP contribution in [0.25, 0.3) is 0 Å². The van der Waals surface area contributed by atoms with Crippen molar-refractivity contribution in [2.45, 2.75) is 37.8 Å². The molecule has 0 atom stereocenters. The Morgan fingerprint density at radius 1 is 1.56 bits per heavy atom. The lowest BCUT2D eigenvalue weighted by atomic mass is 10.00. The number of rotatable bonds is 4. The van der Waals surface area contributed by atoms with Crippen LogP contribution >= 0.6 is 0 Å². The molecule has 0 spiro atoms. The Kier molecular flexibility index (Phi) is 3.68. The van der Waals surface area contributed by atoms with Crippen molar-refractivity contribution in [3.63, 3.8) is 0 Å². The average Bonchev–Trinajstić information content (AvgIpc) is 2.99. The fourth-order valence-corrected chi connectivity index (χ4v) is 2.24. The van der Waals surface area contributed by atoms with Crippen molar-refractivity contribution in [3.8, 4) is 6.07 Å². The maximum Gasteiger partial charge on any atom is 0.288 e. The molecule has 1 saturated carbocycles. The SMILES string of the molecule is COCc1ccc(C(=O)NC2(C#N)CCCC2)o1. The van der Waals surface area contributed by atoms with E-state index in [0.717, 1.165) is 12.8 Å². The summed E-state index contributed by atoms with van der Waals surface area (Å²) in [7, 11) is 1.56. The molecule has 0 saturated heterocycles. The first-order valence-corrected chi connectivity index (χ1v) is 6.00. The zero-order chi connectivity index (χ0) is 13.0. The molecule has 5 nitrogen and oxygen atoms in total. The van der Waals surface area contributed by atoms with Crippen LogP contribution in [0.1, 0.15) is 42.0 Å². The molecule has 5 heteroatoms. The van der Waals surface area contributed by atoms with Crippen LogP contribution in [0.5, 0.6) is 0 Å². The van der Waals surface area contributed by atoms with Gasteiger partial charge >= 0.3 is 0 Å². The second-order valence-corrected chi connectivity index (χ2v) is 4.55. The Balaban J connectivity index is 2.04. The first kappa shape index (κ1) is 12.7. The average molecular weight is 248 g/mol. The molecular formula is C13H16N2O3. The molecule has 2 rings (SSSR count). The number of nitriles is 1. The standard InChI is InChI=1S/C13H16N2O3/c1-17-8-10-4-5-11(18-10)12(16)15-13(9-14)6-2-3-7-13/h4-5H,2-3,6-8H2,1H3,(H,15,16). The van der Waals surface area contributed by atoms with Crippen LogP contribution in [0.3, 0.4) is 0 Å². The van der Waals surface area contributed by atoms with Gasteiger partial charge in [-0.2, -0.15) is 5.26 Å². The second kappa shape index (κ2) is 5.23. The lowest BCUT2D eigenvalue weighted by Crippen LogP contribution is -2.44. The summed E-state index contributed by atoms with van der Waals surface area (Å²) >= 11 is 0. The Hall–Kier alpha value is -1.80. The highest BCUT2D eigenvalue weighted by atomic mass is 16.5. The number of ether oxygens (including phenoxy) is 1. The summed E-state index contributed by atoms with van der Waals surface area (Å²) in [6.07, 6.45) is 3.36. The molecule has 1 aliphatic rings. The van der Waals surface area contributed by atoms with E-state index in [1.807, 2.05) is 0 Å². The van der Waals surface area contributed by atoms with Crippen molar-refractivity contribution in [1.29, 1.82) is 5.26 Å². The minimum atomic E-state index is -0.717. The fourth-order valence-electron chi connectivity index (χ4n) is 2.24. The predicted octanol–water partition coefficient (Wildman–Crippen LogP) is 1.99. The van der Waals surface area contributed by atoms with Gasteiger partial charge in [0.1, 0.15) is 17.9 Å². The van der Waals surface area contributed by atoms with Crippen molar-refractivity contribution in [3.05, 3.63) is 23.7 Å². The summed E-state index contributed by atoms with van der Waals surface area (Å²) in [5.74, 6) is 0.490. The largest absolute Gasteiger partial charge is 0.453 e. The van der Waals surface area contributed by atoms with Gasteiger partial charge < -0.3 is 14.5 Å². The van der Waals surface area contributed by atoms with Crippen LogP contribution in [0, 0.1) is 11.3 Å². The lowest BCUT2D eigenvalue weighted by molar-refractivity contribution is 0.0883. The summed E-state index contributed by atoms with van der Waals surface area (Å²) in [5, 5.41) is 12.0. The topological polar surface area (TPSA) is 75.3 Å². The Morgan fingerprint density at radius 3 is 2.89 bits per heavy atom. The fraction of sp³-hybridized carbons (Fsp3) is 0.538. The molecule has 0 aliphatic heterocycles. The normalized spacial score (nSPS) is 17.3. The van der Waals surface area contributed by atoms with Gasteiger partial charge in [-0.3, -0.25) is 4.79 Å². The molecule has 1 aliphatic carbocycles. The van der Waals surface area contributed by atoms with Gasteiger partial charge in [-0.25, -0.2) is 0 Å². The van der Waals surface area contributed by atoms with E-state index in [2.05, 4.69) is 11.4 Å². The molecule has 1 amide bonds. The number of hydrogen-bond donors (Lipinski definition) is 1. The summed E-state index contributed by atoms with van der Waals surface area (Å²) in [5.41, 5.74) is -0.717. The van der Waals surface area contributed by atoms with Crippen LogP contribution < -0.4 is 5.32 Å². The number of carbonyl (C=O) groups excluding carboxylic acids is 1. The Morgan fingerprint density at radius 2 is 2.28 bits per heavy atom. The molecule has 1 N–H and O–H groups in total. The van der Waals surface area contributed by atoms with Gasteiger partial charge in [0.25, 0.3) is 5.91 Å². The number of nitrogens with zero attached hydrogens (tertiary/aromatic N) is 1. The third-order valence-corrected chi connectivity index (χ3v) is 3.20. The number of carbonyl (C=O) groups is 1. The van der Waals surface area contributed by atoms with Gasteiger partial charge in [-0.1, -0.05) is 0 Å². The van der Waals surface area contributed by atoms with Gasteiger partial charge in [0.05, 0.1) is 6.07 Å². The van der Waals surface area contributed by atoms with E-state index >= 15 is 0 Å². The molecule has 0 bridgehead atoms. The van der Waals surface area contributed by atoms with Crippen LogP contribution in [-0.4, -0.2) is 18.6 Å². The minimum absolute atomic E-state index is 0.226. The third kappa shape index (κ3) is 2.54. The molecule has 0 unspecified atom stereocenters. The number of amides is 1. The van der Waals surface area contributed by atoms with Gasteiger partial charge in [0, 0.05) is 7.11 Å². The number of hydrogen-bond acceptors (Lipinski definition) is 4. The highest BCUT2D eigenvalue weighted by Gasteiger charge is 2.36. The monoisotopic (exact) mass is 248 g/mol. The van der Waals surface area contributed by atoms with Crippen LogP contribution in [0.2, 0.25) is 0 Å². The second-order valence-electron chi connectivity index (χ2n) is 4.55. The summed E-state index contributed by atoms with van der Waals surface area (Å²) in [4.78, 5) is 12.0. The van der Waals surface area contributed by atoms with E-state index in [1.54, 1.807) is 19.2 Å². The molecule has 96 valence electrons. The molecule has 1 heterocycles. The molecule has 1 fully saturated rings. The maximum atomic E-state index is 12.0. The number of methoxy groups -OCH3 is 1. The van der Waals surface area contributed by atoms with Gasteiger partial charge in [-0.15, -0.1) is 0 Å². The molecule has 18 heavy (non-hydrogen) atoms. The highest BCUT2D eigenvalue weighted by molar-refractivity contribution is 5.92. The first-order chi connectivity index (χ1) is 8.69. The van der Waals surface area contributed by atoms with Gasteiger partial charge in [0.2, 0.25) is 0 Å². The van der Waals surface area contributed by atoms with E-state index < -0.39 is 5.54 Å². The van der Waals surface area contributed by atoms with Crippen molar-refractivity contribution in [2.75, 3.05) is 7.11 Å². The molecular weight excluding hydrogens is 232 g/mol. The zero-order valence-corrected chi connectivity index (χ0v) is 10.4. The van der Waals surface area contributed by atoms with Crippen molar-refractivity contribution in [2.24, 2.45) is 0 Å².